The summed E-state index contributed by atoms with van der Waals surface area (Å²) < 4.78 is 1.34. The molecule has 3 aromatic heterocycles. The van der Waals surface area contributed by atoms with Crippen molar-refractivity contribution in [3.8, 4) is 10.6 Å². The van der Waals surface area contributed by atoms with Crippen LogP contribution in [0.4, 0.5) is 5.13 Å². The molecular weight excluding hydrogens is 428 g/mol. The third-order valence-corrected chi connectivity index (χ3v) is 6.41. The molecule has 0 fully saturated rings. The Balaban J connectivity index is 1.52. The van der Waals surface area contributed by atoms with Crippen LogP contribution >= 0.6 is 22.7 Å². The Morgan fingerprint density at radius 2 is 1.71 bits per heavy atom. The van der Waals surface area contributed by atoms with E-state index in [2.05, 4.69) is 15.4 Å². The van der Waals surface area contributed by atoms with Crippen LogP contribution in [0, 0.1) is 0 Å². The topological polar surface area (TPSA) is 76.9 Å². The summed E-state index contributed by atoms with van der Waals surface area (Å²) in [4.78, 5) is 31.6. The van der Waals surface area contributed by atoms with E-state index in [0.29, 0.717) is 15.9 Å². The van der Waals surface area contributed by atoms with Crippen molar-refractivity contribution in [1.82, 2.24) is 14.8 Å². The van der Waals surface area contributed by atoms with Crippen molar-refractivity contribution in [3.05, 3.63) is 99.1 Å². The van der Waals surface area contributed by atoms with Gasteiger partial charge in [0.2, 0.25) is 0 Å². The number of anilines is 1. The van der Waals surface area contributed by atoms with Crippen LogP contribution in [-0.2, 0) is 6.54 Å². The van der Waals surface area contributed by atoms with Gasteiger partial charge in [-0.05, 0) is 23.1 Å². The smallest absolute Gasteiger partial charge is 0.278 e. The summed E-state index contributed by atoms with van der Waals surface area (Å²) in [6, 6.07) is 20.6. The number of thiazole rings is 1. The third kappa shape index (κ3) is 3.90. The molecule has 152 valence electrons. The Morgan fingerprint density at radius 3 is 2.48 bits per heavy atom. The molecule has 0 unspecified atom stereocenters. The number of rotatable bonds is 5. The summed E-state index contributed by atoms with van der Waals surface area (Å²) in [5.41, 5.74) is 1.71. The van der Waals surface area contributed by atoms with Crippen LogP contribution in [0.25, 0.3) is 21.3 Å². The minimum atomic E-state index is -0.398. The van der Waals surface area contributed by atoms with Gasteiger partial charge in [0.1, 0.15) is 0 Å². The number of amides is 1. The second-order valence-electron chi connectivity index (χ2n) is 6.81. The molecule has 0 aliphatic rings. The molecule has 31 heavy (non-hydrogen) atoms. The summed E-state index contributed by atoms with van der Waals surface area (Å²) in [6.07, 6.45) is 0. The summed E-state index contributed by atoms with van der Waals surface area (Å²) in [7, 11) is 0. The van der Waals surface area contributed by atoms with Crippen LogP contribution < -0.4 is 10.9 Å². The fraction of sp³-hybridized carbons (Fsp3) is 0.0435. The van der Waals surface area contributed by atoms with E-state index in [1.54, 1.807) is 35.6 Å². The number of carbonyl (C=O) groups excluding carboxylic acids is 1. The Labute approximate surface area is 185 Å². The molecule has 0 aliphatic heterocycles. The Hall–Kier alpha value is -3.62. The molecule has 0 atom stereocenters. The van der Waals surface area contributed by atoms with E-state index in [9.17, 15) is 9.59 Å². The Morgan fingerprint density at radius 1 is 0.935 bits per heavy atom. The number of nitrogens with zero attached hydrogens (tertiary/aromatic N) is 3. The number of fused-ring (bicyclic) bond motifs is 1. The monoisotopic (exact) mass is 444 g/mol. The summed E-state index contributed by atoms with van der Waals surface area (Å²) in [5.74, 6) is -0.398. The van der Waals surface area contributed by atoms with Gasteiger partial charge in [0.25, 0.3) is 11.5 Å². The number of thiophene rings is 1. The molecule has 8 heteroatoms. The molecule has 3 heterocycles. The zero-order valence-corrected chi connectivity index (χ0v) is 17.8. The van der Waals surface area contributed by atoms with E-state index < -0.39 is 5.91 Å². The van der Waals surface area contributed by atoms with E-state index in [0.717, 1.165) is 16.1 Å². The molecule has 5 rings (SSSR count). The van der Waals surface area contributed by atoms with Crippen molar-refractivity contribution in [2.24, 2.45) is 0 Å². The lowest BCUT2D eigenvalue weighted by Crippen LogP contribution is -2.28. The van der Waals surface area contributed by atoms with Crippen molar-refractivity contribution >= 4 is 44.5 Å². The zero-order valence-electron chi connectivity index (χ0n) is 16.2. The lowest BCUT2D eigenvalue weighted by atomic mass is 10.1. The van der Waals surface area contributed by atoms with E-state index in [-0.39, 0.29) is 17.8 Å². The van der Waals surface area contributed by atoms with Gasteiger partial charge in [-0.25, -0.2) is 9.67 Å². The van der Waals surface area contributed by atoms with Gasteiger partial charge >= 0.3 is 0 Å². The largest absolute Gasteiger partial charge is 0.296 e. The molecule has 0 spiro atoms. The van der Waals surface area contributed by atoms with Gasteiger partial charge in [-0.3, -0.25) is 14.9 Å². The van der Waals surface area contributed by atoms with Crippen LogP contribution in [-0.4, -0.2) is 20.7 Å². The molecule has 0 bridgehead atoms. The van der Waals surface area contributed by atoms with Crippen LogP contribution in [0.1, 0.15) is 16.1 Å². The highest BCUT2D eigenvalue weighted by molar-refractivity contribution is 7.16. The van der Waals surface area contributed by atoms with E-state index in [1.807, 2.05) is 53.2 Å². The van der Waals surface area contributed by atoms with Crippen molar-refractivity contribution in [2.75, 3.05) is 5.32 Å². The number of hydrogen-bond donors (Lipinski definition) is 1. The van der Waals surface area contributed by atoms with Crippen LogP contribution in [0.15, 0.2) is 82.3 Å². The standard InChI is InChI=1S/C23H16N4O2S2/c28-21(25-23-24-18(14-31-23)19-11-6-12-30-19)20-16-9-4-5-10-17(16)22(29)27(26-20)13-15-7-2-1-3-8-15/h1-12,14H,13H2,(H,24,25,28). The maximum Gasteiger partial charge on any atom is 0.278 e. The molecule has 0 aliphatic carbocycles. The van der Waals surface area contributed by atoms with Gasteiger partial charge in [-0.1, -0.05) is 54.6 Å². The molecule has 0 saturated carbocycles. The SMILES string of the molecule is O=C(Nc1nc(-c2cccs2)cs1)c1nn(Cc2ccccc2)c(=O)c2ccccc12. The minimum Gasteiger partial charge on any atom is -0.296 e. The number of hydrogen-bond acceptors (Lipinski definition) is 6. The summed E-state index contributed by atoms with van der Waals surface area (Å²) in [5, 5.41) is 12.6. The first-order valence-corrected chi connectivity index (χ1v) is 11.3. The molecule has 0 radical (unpaired) electrons. The van der Waals surface area contributed by atoms with Gasteiger partial charge in [-0.15, -0.1) is 22.7 Å². The highest BCUT2D eigenvalue weighted by Crippen LogP contribution is 2.28. The molecular formula is C23H16N4O2S2. The van der Waals surface area contributed by atoms with Gasteiger partial charge in [0.15, 0.2) is 10.8 Å². The van der Waals surface area contributed by atoms with Crippen LogP contribution in [0.3, 0.4) is 0 Å². The molecule has 0 saturated heterocycles. The second kappa shape index (κ2) is 8.25. The van der Waals surface area contributed by atoms with Crippen molar-refractivity contribution in [2.45, 2.75) is 6.54 Å². The zero-order chi connectivity index (χ0) is 21.2. The lowest BCUT2D eigenvalue weighted by molar-refractivity contribution is 0.102. The average molecular weight is 445 g/mol. The fourth-order valence-electron chi connectivity index (χ4n) is 3.29. The molecule has 2 aromatic carbocycles. The van der Waals surface area contributed by atoms with Crippen molar-refractivity contribution in [3.63, 3.8) is 0 Å². The summed E-state index contributed by atoms with van der Waals surface area (Å²) in [6.45, 7) is 0.282. The van der Waals surface area contributed by atoms with Gasteiger partial charge < -0.3 is 0 Å². The number of aromatic nitrogens is 3. The van der Waals surface area contributed by atoms with Gasteiger partial charge in [-0.2, -0.15) is 5.10 Å². The van der Waals surface area contributed by atoms with Crippen LogP contribution in [0.2, 0.25) is 0 Å². The van der Waals surface area contributed by atoms with Crippen LogP contribution in [0.5, 0.6) is 0 Å². The number of nitrogens with one attached hydrogen (secondary N) is 1. The van der Waals surface area contributed by atoms with E-state index in [4.69, 9.17) is 0 Å². The van der Waals surface area contributed by atoms with E-state index >= 15 is 0 Å². The maximum atomic E-state index is 13.1. The van der Waals surface area contributed by atoms with E-state index in [1.165, 1.54) is 16.0 Å². The first-order valence-electron chi connectivity index (χ1n) is 9.53. The molecule has 1 amide bonds. The van der Waals surface area contributed by atoms with Gasteiger partial charge in [0, 0.05) is 10.8 Å². The lowest BCUT2D eigenvalue weighted by Gasteiger charge is -2.10. The third-order valence-electron chi connectivity index (χ3n) is 4.76. The first kappa shape index (κ1) is 19.3. The average Bonchev–Trinajstić information content (AvgIpc) is 3.48. The molecule has 1 N–H and O–H groups in total. The van der Waals surface area contributed by atoms with Gasteiger partial charge in [0.05, 0.1) is 22.5 Å². The highest BCUT2D eigenvalue weighted by Gasteiger charge is 2.18. The maximum absolute atomic E-state index is 13.1. The fourth-order valence-corrected chi connectivity index (χ4v) is 4.76. The number of carbonyl (C=O) groups is 1. The predicted octanol–water partition coefficient (Wildman–Crippen LogP) is 4.88. The molecule has 6 nitrogen and oxygen atoms in total. The second-order valence-corrected chi connectivity index (χ2v) is 8.62. The minimum absolute atomic E-state index is 0.194. The van der Waals surface area contributed by atoms with Crippen molar-refractivity contribution in [1.29, 1.82) is 0 Å². The van der Waals surface area contributed by atoms with Crippen molar-refractivity contribution < 1.29 is 4.79 Å². The Bertz CT molecular complexity index is 1420. The molecule has 5 aromatic rings. The highest BCUT2D eigenvalue weighted by atomic mass is 32.1. The Kier molecular flexibility index (Phi) is 5.15. The first-order chi connectivity index (χ1) is 15.2. The normalized spacial score (nSPS) is 11.0. The number of benzene rings is 2. The quantitative estimate of drug-likeness (QED) is 0.419. The predicted molar refractivity (Wildman–Crippen MR) is 125 cm³/mol. The summed E-state index contributed by atoms with van der Waals surface area (Å²) >= 11 is 2.95.